The fraction of sp³-hybridized carbons (Fsp3) is 0.579. The predicted octanol–water partition coefficient (Wildman–Crippen LogP) is 2.79. The van der Waals surface area contributed by atoms with Crippen LogP contribution in [0.25, 0.3) is 0 Å². The summed E-state index contributed by atoms with van der Waals surface area (Å²) in [6, 6.07) is 3.52. The third kappa shape index (κ3) is 2.57. The first-order valence-electron chi connectivity index (χ1n) is 9.17. The molecule has 2 atom stereocenters. The molecule has 1 aliphatic carbocycles. The quantitative estimate of drug-likeness (QED) is 0.838. The number of carbonyl (C=O) groups excluding carboxylic acids is 1. The maximum absolute atomic E-state index is 13.1. The van der Waals surface area contributed by atoms with E-state index in [0.717, 1.165) is 25.1 Å². The Kier molecular flexibility index (Phi) is 4.17. The second-order valence-electron chi connectivity index (χ2n) is 7.60. The zero-order chi connectivity index (χ0) is 18.3. The van der Waals surface area contributed by atoms with Crippen LogP contribution in [0.2, 0.25) is 0 Å². The fourth-order valence-electron chi connectivity index (χ4n) is 4.35. The summed E-state index contributed by atoms with van der Waals surface area (Å²) in [4.78, 5) is 23.8. The molecule has 26 heavy (non-hydrogen) atoms. The van der Waals surface area contributed by atoms with Gasteiger partial charge in [-0.1, -0.05) is 25.4 Å². The van der Waals surface area contributed by atoms with Crippen molar-refractivity contribution in [2.75, 3.05) is 20.2 Å². The van der Waals surface area contributed by atoms with E-state index >= 15 is 0 Å². The molecule has 1 saturated carbocycles. The average Bonchev–Trinajstić information content (AvgIpc) is 3.34. The van der Waals surface area contributed by atoms with Gasteiger partial charge in [0.1, 0.15) is 5.56 Å². The van der Waals surface area contributed by atoms with Crippen LogP contribution in [-0.4, -0.2) is 46.1 Å². The van der Waals surface area contributed by atoms with Gasteiger partial charge in [-0.25, -0.2) is 4.98 Å². The number of fused-ring (bicyclic) bond motifs is 1. The van der Waals surface area contributed by atoms with Gasteiger partial charge in [0.2, 0.25) is 11.8 Å². The largest absolute Gasteiger partial charge is 0.480 e. The van der Waals surface area contributed by atoms with Crippen molar-refractivity contribution in [3.8, 4) is 5.88 Å². The Labute approximate surface area is 152 Å². The SMILES string of the molecule is COc1ncccc1C(=O)N1C[C@H]2CCC[C@@]2(c2nc(C(C)C)no2)C1. The fourth-order valence-corrected chi connectivity index (χ4v) is 4.35. The normalized spacial score (nSPS) is 24.9. The molecule has 1 amide bonds. The lowest BCUT2D eigenvalue weighted by atomic mass is 9.80. The van der Waals surface area contributed by atoms with E-state index in [-0.39, 0.29) is 17.2 Å². The highest BCUT2D eigenvalue weighted by atomic mass is 16.5. The van der Waals surface area contributed by atoms with E-state index in [1.807, 2.05) is 4.90 Å². The zero-order valence-corrected chi connectivity index (χ0v) is 15.4. The summed E-state index contributed by atoms with van der Waals surface area (Å²) in [6.45, 7) is 5.42. The monoisotopic (exact) mass is 356 g/mol. The van der Waals surface area contributed by atoms with Crippen LogP contribution in [0.15, 0.2) is 22.9 Å². The van der Waals surface area contributed by atoms with E-state index in [2.05, 4.69) is 29.0 Å². The lowest BCUT2D eigenvalue weighted by Crippen LogP contribution is -2.35. The summed E-state index contributed by atoms with van der Waals surface area (Å²) in [7, 11) is 1.53. The van der Waals surface area contributed by atoms with Gasteiger partial charge in [0.05, 0.1) is 12.5 Å². The molecule has 0 bridgehead atoms. The van der Waals surface area contributed by atoms with Crippen molar-refractivity contribution in [2.24, 2.45) is 5.92 Å². The number of ether oxygens (including phenoxy) is 1. The number of rotatable bonds is 4. The molecule has 1 saturated heterocycles. The van der Waals surface area contributed by atoms with E-state index in [9.17, 15) is 4.79 Å². The van der Waals surface area contributed by atoms with Gasteiger partial charge in [-0.2, -0.15) is 4.98 Å². The van der Waals surface area contributed by atoms with Crippen LogP contribution in [-0.2, 0) is 5.41 Å². The Morgan fingerprint density at radius 1 is 1.46 bits per heavy atom. The molecule has 4 rings (SSSR count). The number of aromatic nitrogens is 3. The number of pyridine rings is 1. The summed E-state index contributed by atoms with van der Waals surface area (Å²) < 4.78 is 10.9. The minimum Gasteiger partial charge on any atom is -0.480 e. The van der Waals surface area contributed by atoms with Crippen LogP contribution in [0.1, 0.15) is 61.1 Å². The Morgan fingerprint density at radius 3 is 3.04 bits per heavy atom. The van der Waals surface area contributed by atoms with Crippen LogP contribution in [0, 0.1) is 5.92 Å². The lowest BCUT2D eigenvalue weighted by Gasteiger charge is -2.24. The number of carbonyl (C=O) groups is 1. The van der Waals surface area contributed by atoms with Gasteiger partial charge < -0.3 is 14.2 Å². The van der Waals surface area contributed by atoms with Gasteiger partial charge in [0.15, 0.2) is 5.82 Å². The highest BCUT2D eigenvalue weighted by Gasteiger charge is 2.55. The Balaban J connectivity index is 1.63. The van der Waals surface area contributed by atoms with Crippen LogP contribution in [0.3, 0.4) is 0 Å². The second-order valence-corrected chi connectivity index (χ2v) is 7.60. The molecule has 7 nitrogen and oxygen atoms in total. The maximum Gasteiger partial charge on any atom is 0.259 e. The van der Waals surface area contributed by atoms with E-state index in [1.165, 1.54) is 7.11 Å². The topological polar surface area (TPSA) is 81.4 Å². The predicted molar refractivity (Wildman–Crippen MR) is 94.1 cm³/mol. The molecule has 138 valence electrons. The number of likely N-dealkylation sites (tertiary alicyclic amines) is 1. The number of amides is 1. The molecule has 0 unspecified atom stereocenters. The van der Waals surface area contributed by atoms with E-state index in [4.69, 9.17) is 9.26 Å². The van der Waals surface area contributed by atoms with E-state index in [1.54, 1.807) is 18.3 Å². The summed E-state index contributed by atoms with van der Waals surface area (Å²) in [5.41, 5.74) is 0.282. The summed E-state index contributed by atoms with van der Waals surface area (Å²) in [6.07, 6.45) is 4.81. The number of hydrogen-bond donors (Lipinski definition) is 0. The van der Waals surface area contributed by atoms with Gasteiger partial charge in [0, 0.05) is 25.2 Å². The van der Waals surface area contributed by atoms with Crippen molar-refractivity contribution in [1.29, 1.82) is 0 Å². The Bertz CT molecular complexity index is 819. The highest BCUT2D eigenvalue weighted by molar-refractivity contribution is 5.96. The molecule has 2 aromatic heterocycles. The van der Waals surface area contributed by atoms with Crippen molar-refractivity contribution in [2.45, 2.75) is 44.4 Å². The Hall–Kier alpha value is -2.44. The number of nitrogens with zero attached hydrogens (tertiary/aromatic N) is 4. The van der Waals surface area contributed by atoms with Gasteiger partial charge in [-0.3, -0.25) is 4.79 Å². The molecule has 0 radical (unpaired) electrons. The molecule has 0 aromatic carbocycles. The lowest BCUT2D eigenvalue weighted by molar-refractivity contribution is 0.0771. The van der Waals surface area contributed by atoms with Gasteiger partial charge in [0.25, 0.3) is 5.91 Å². The maximum atomic E-state index is 13.1. The molecule has 2 aliphatic rings. The highest BCUT2D eigenvalue weighted by Crippen LogP contribution is 2.50. The molecular weight excluding hydrogens is 332 g/mol. The van der Waals surface area contributed by atoms with Crippen LogP contribution in [0.5, 0.6) is 5.88 Å². The summed E-state index contributed by atoms with van der Waals surface area (Å²) in [5.74, 6) is 2.32. The molecule has 1 aliphatic heterocycles. The van der Waals surface area contributed by atoms with Gasteiger partial charge in [-0.15, -0.1) is 0 Å². The molecule has 7 heteroatoms. The second kappa shape index (κ2) is 6.37. The minimum absolute atomic E-state index is 0.0488. The number of methoxy groups -OCH3 is 1. The zero-order valence-electron chi connectivity index (χ0n) is 15.4. The first-order valence-corrected chi connectivity index (χ1v) is 9.17. The molecule has 3 heterocycles. The molecule has 0 spiro atoms. The van der Waals surface area contributed by atoms with Gasteiger partial charge in [-0.05, 0) is 30.9 Å². The molecule has 2 aromatic rings. The first-order chi connectivity index (χ1) is 12.5. The summed E-state index contributed by atoms with van der Waals surface area (Å²) in [5, 5.41) is 4.15. The van der Waals surface area contributed by atoms with Crippen molar-refractivity contribution < 1.29 is 14.1 Å². The van der Waals surface area contributed by atoms with Crippen LogP contribution < -0.4 is 4.74 Å². The van der Waals surface area contributed by atoms with E-state index in [0.29, 0.717) is 36.3 Å². The molecular formula is C19H24N4O3. The van der Waals surface area contributed by atoms with Crippen LogP contribution in [0.4, 0.5) is 0 Å². The van der Waals surface area contributed by atoms with Crippen molar-refractivity contribution in [3.05, 3.63) is 35.6 Å². The van der Waals surface area contributed by atoms with Crippen molar-refractivity contribution in [3.63, 3.8) is 0 Å². The Morgan fingerprint density at radius 2 is 2.31 bits per heavy atom. The minimum atomic E-state index is -0.217. The first kappa shape index (κ1) is 17.0. The van der Waals surface area contributed by atoms with Gasteiger partial charge >= 0.3 is 0 Å². The van der Waals surface area contributed by atoms with Crippen molar-refractivity contribution >= 4 is 5.91 Å². The average molecular weight is 356 g/mol. The molecule has 2 fully saturated rings. The third-order valence-electron chi connectivity index (χ3n) is 5.74. The third-order valence-corrected chi connectivity index (χ3v) is 5.74. The van der Waals surface area contributed by atoms with E-state index < -0.39 is 0 Å². The summed E-state index contributed by atoms with van der Waals surface area (Å²) >= 11 is 0. The number of hydrogen-bond acceptors (Lipinski definition) is 6. The standard InChI is InChI=1S/C19H24N4O3/c1-12(2)15-21-18(26-22-15)19-8-4-6-13(19)10-23(11-19)17(24)14-7-5-9-20-16(14)25-3/h5,7,9,12-13H,4,6,8,10-11H2,1-3H3/t13-,19-/m1/s1. The molecule has 0 N–H and O–H groups in total. The van der Waals surface area contributed by atoms with Crippen LogP contribution >= 0.6 is 0 Å². The smallest absolute Gasteiger partial charge is 0.259 e. The van der Waals surface area contributed by atoms with Crippen molar-refractivity contribution in [1.82, 2.24) is 20.0 Å².